The minimum absolute atomic E-state index is 0.0476. The number of hydrogen-bond donors (Lipinski definition) is 1. The lowest BCUT2D eigenvalue weighted by molar-refractivity contribution is -0.146. The van der Waals surface area contributed by atoms with Gasteiger partial charge in [0.2, 0.25) is 0 Å². The van der Waals surface area contributed by atoms with Gasteiger partial charge in [-0.1, -0.05) is 6.42 Å². The standard InChI is InChI=1S/C20H22O5/c1-11-17(21)5-4-16-15(9-19(23)25-20(11)16)10-24-18(22)8-14-7-12-2-3-13(14)6-12/h4-5,9,12-14,21H,2-3,6-8,10H2,1H3/t12-,13+,14-/m0/s1. The number of aromatic hydroxyl groups is 1. The SMILES string of the molecule is Cc1c(O)ccc2c(COC(=O)C[C@@H]3C[C@H]4CC[C@@H]3C4)cc(=O)oc12. The molecule has 2 bridgehead atoms. The molecule has 3 atom stereocenters. The maximum Gasteiger partial charge on any atom is 0.336 e. The molecule has 132 valence electrons. The number of benzene rings is 1. The molecule has 1 heterocycles. The van der Waals surface area contributed by atoms with Crippen molar-refractivity contribution in [3.05, 3.63) is 39.7 Å². The van der Waals surface area contributed by atoms with Crippen molar-refractivity contribution in [3.8, 4) is 5.75 Å². The minimum atomic E-state index is -0.514. The zero-order chi connectivity index (χ0) is 17.6. The van der Waals surface area contributed by atoms with Crippen molar-refractivity contribution in [3.63, 3.8) is 0 Å². The monoisotopic (exact) mass is 342 g/mol. The molecule has 0 amide bonds. The molecule has 1 aromatic carbocycles. The number of ether oxygens (including phenoxy) is 1. The molecule has 2 aliphatic carbocycles. The van der Waals surface area contributed by atoms with Gasteiger partial charge in [-0.05, 0) is 56.1 Å². The van der Waals surface area contributed by atoms with Crippen molar-refractivity contribution in [1.82, 2.24) is 0 Å². The van der Waals surface area contributed by atoms with Crippen molar-refractivity contribution >= 4 is 16.9 Å². The van der Waals surface area contributed by atoms with Crippen LogP contribution in [0.3, 0.4) is 0 Å². The molecule has 1 N–H and O–H groups in total. The normalized spacial score (nSPS) is 24.8. The molecule has 2 saturated carbocycles. The number of carbonyl (C=O) groups is 1. The number of hydrogen-bond acceptors (Lipinski definition) is 5. The summed E-state index contributed by atoms with van der Waals surface area (Å²) in [4.78, 5) is 24.0. The fourth-order valence-corrected chi connectivity index (χ4v) is 4.59. The summed E-state index contributed by atoms with van der Waals surface area (Å²) >= 11 is 0. The van der Waals surface area contributed by atoms with E-state index in [1.54, 1.807) is 19.1 Å². The van der Waals surface area contributed by atoms with Crippen LogP contribution < -0.4 is 5.63 Å². The Bertz CT molecular complexity index is 882. The Morgan fingerprint density at radius 2 is 2.16 bits per heavy atom. The summed E-state index contributed by atoms with van der Waals surface area (Å²) in [6, 6.07) is 4.58. The highest BCUT2D eigenvalue weighted by Crippen LogP contribution is 2.49. The molecule has 4 rings (SSSR count). The molecule has 0 unspecified atom stereocenters. The maximum atomic E-state index is 12.2. The van der Waals surface area contributed by atoms with Crippen LogP contribution in [0.2, 0.25) is 0 Å². The van der Waals surface area contributed by atoms with Crippen LogP contribution in [0.5, 0.6) is 5.75 Å². The maximum absolute atomic E-state index is 12.2. The average molecular weight is 342 g/mol. The van der Waals surface area contributed by atoms with Crippen molar-refractivity contribution in [2.45, 2.75) is 45.6 Å². The highest BCUT2D eigenvalue weighted by molar-refractivity contribution is 5.85. The van der Waals surface area contributed by atoms with Crippen LogP contribution in [0.25, 0.3) is 11.0 Å². The van der Waals surface area contributed by atoms with E-state index < -0.39 is 5.63 Å². The first-order valence-electron chi connectivity index (χ1n) is 8.92. The molecule has 2 fully saturated rings. The molecule has 0 spiro atoms. The van der Waals surface area contributed by atoms with Crippen LogP contribution in [-0.4, -0.2) is 11.1 Å². The highest BCUT2D eigenvalue weighted by Gasteiger charge is 2.40. The third-order valence-electron chi connectivity index (χ3n) is 5.92. The van der Waals surface area contributed by atoms with E-state index in [4.69, 9.17) is 9.15 Å². The summed E-state index contributed by atoms with van der Waals surface area (Å²) in [5.41, 5.74) is 0.937. The summed E-state index contributed by atoms with van der Waals surface area (Å²) in [5, 5.41) is 10.5. The van der Waals surface area contributed by atoms with Crippen molar-refractivity contribution in [2.24, 2.45) is 17.8 Å². The molecule has 0 radical (unpaired) electrons. The summed E-state index contributed by atoms with van der Waals surface area (Å²) in [5.74, 6) is 1.83. The first kappa shape index (κ1) is 16.2. The topological polar surface area (TPSA) is 76.7 Å². The molecular weight excluding hydrogens is 320 g/mol. The van der Waals surface area contributed by atoms with Crippen LogP contribution in [0.1, 0.15) is 43.2 Å². The van der Waals surface area contributed by atoms with Gasteiger partial charge in [0, 0.05) is 29.0 Å². The van der Waals surface area contributed by atoms with Gasteiger partial charge in [0.05, 0.1) is 0 Å². The van der Waals surface area contributed by atoms with Crippen molar-refractivity contribution < 1.29 is 19.1 Å². The predicted octanol–water partition coefficient (Wildman–Crippen LogP) is 3.68. The summed E-state index contributed by atoms with van der Waals surface area (Å²) in [6.07, 6.45) is 5.45. The van der Waals surface area contributed by atoms with Crippen molar-refractivity contribution in [1.29, 1.82) is 0 Å². The quantitative estimate of drug-likeness (QED) is 0.677. The van der Waals surface area contributed by atoms with E-state index in [1.807, 2.05) is 0 Å². The number of aryl methyl sites for hydroxylation is 1. The van der Waals surface area contributed by atoms with Gasteiger partial charge >= 0.3 is 11.6 Å². The zero-order valence-corrected chi connectivity index (χ0v) is 14.3. The van der Waals surface area contributed by atoms with E-state index in [0.717, 1.165) is 12.3 Å². The first-order valence-corrected chi connectivity index (χ1v) is 8.92. The Labute approximate surface area is 145 Å². The zero-order valence-electron chi connectivity index (χ0n) is 14.3. The van der Waals surface area contributed by atoms with Crippen molar-refractivity contribution in [2.75, 3.05) is 0 Å². The fraction of sp³-hybridized carbons (Fsp3) is 0.500. The molecule has 5 nitrogen and oxygen atoms in total. The molecule has 25 heavy (non-hydrogen) atoms. The van der Waals surface area contributed by atoms with Crippen LogP contribution in [-0.2, 0) is 16.1 Å². The number of carbonyl (C=O) groups excluding carboxylic acids is 1. The van der Waals surface area contributed by atoms with E-state index in [0.29, 0.717) is 40.4 Å². The predicted molar refractivity (Wildman–Crippen MR) is 92.2 cm³/mol. The third kappa shape index (κ3) is 3.03. The number of phenolic OH excluding ortho intramolecular Hbond substituents is 1. The molecule has 0 saturated heterocycles. The average Bonchev–Trinajstić information content (AvgIpc) is 3.19. The van der Waals surface area contributed by atoms with E-state index in [9.17, 15) is 14.7 Å². The van der Waals surface area contributed by atoms with Gasteiger partial charge in [-0.3, -0.25) is 4.79 Å². The largest absolute Gasteiger partial charge is 0.508 e. The number of esters is 1. The summed E-state index contributed by atoms with van der Waals surface area (Å²) < 4.78 is 10.7. The summed E-state index contributed by atoms with van der Waals surface area (Å²) in [7, 11) is 0. The number of fused-ring (bicyclic) bond motifs is 3. The second kappa shape index (κ2) is 6.21. The lowest BCUT2D eigenvalue weighted by Crippen LogP contribution is -2.17. The molecule has 2 aromatic rings. The van der Waals surface area contributed by atoms with Gasteiger partial charge in [-0.15, -0.1) is 0 Å². The lowest BCUT2D eigenvalue weighted by Gasteiger charge is -2.20. The van der Waals surface area contributed by atoms with Crippen LogP contribution >= 0.6 is 0 Å². The Balaban J connectivity index is 1.48. The van der Waals surface area contributed by atoms with Crippen LogP contribution in [0, 0.1) is 24.7 Å². The molecule has 2 aliphatic rings. The molecule has 5 heteroatoms. The van der Waals surface area contributed by atoms with Gasteiger partial charge in [0.15, 0.2) is 0 Å². The molecule has 1 aromatic heterocycles. The first-order chi connectivity index (χ1) is 12.0. The smallest absolute Gasteiger partial charge is 0.336 e. The Hall–Kier alpha value is -2.30. The fourth-order valence-electron chi connectivity index (χ4n) is 4.59. The van der Waals surface area contributed by atoms with Gasteiger partial charge in [0.25, 0.3) is 0 Å². The number of rotatable bonds is 4. The van der Waals surface area contributed by atoms with Gasteiger partial charge < -0.3 is 14.3 Å². The number of phenols is 1. The van der Waals surface area contributed by atoms with E-state index in [2.05, 4.69) is 0 Å². The van der Waals surface area contributed by atoms with E-state index >= 15 is 0 Å². The Morgan fingerprint density at radius 1 is 1.32 bits per heavy atom. The van der Waals surface area contributed by atoms with Gasteiger partial charge in [0.1, 0.15) is 17.9 Å². The molecule has 0 aliphatic heterocycles. The highest BCUT2D eigenvalue weighted by atomic mass is 16.5. The summed E-state index contributed by atoms with van der Waals surface area (Å²) in [6.45, 7) is 1.73. The van der Waals surface area contributed by atoms with Gasteiger partial charge in [-0.2, -0.15) is 0 Å². The van der Waals surface area contributed by atoms with E-state index in [-0.39, 0.29) is 18.3 Å². The Kier molecular flexibility index (Phi) is 4.02. The minimum Gasteiger partial charge on any atom is -0.508 e. The Morgan fingerprint density at radius 3 is 2.88 bits per heavy atom. The van der Waals surface area contributed by atoms with Crippen LogP contribution in [0.4, 0.5) is 0 Å². The second-order valence-corrected chi connectivity index (χ2v) is 7.48. The second-order valence-electron chi connectivity index (χ2n) is 7.48. The third-order valence-corrected chi connectivity index (χ3v) is 5.92. The van der Waals surface area contributed by atoms with Crippen LogP contribution in [0.15, 0.2) is 27.4 Å². The van der Waals surface area contributed by atoms with E-state index in [1.165, 1.54) is 25.3 Å². The lowest BCUT2D eigenvalue weighted by atomic mass is 9.86. The molecular formula is C20H22O5. The van der Waals surface area contributed by atoms with Gasteiger partial charge in [-0.25, -0.2) is 4.79 Å².